The lowest BCUT2D eigenvalue weighted by molar-refractivity contribution is -0.139. The zero-order chi connectivity index (χ0) is 15.3. The molecule has 110 valence electrons. The molecule has 20 heavy (non-hydrogen) atoms. The Labute approximate surface area is 113 Å². The number of halogens is 3. The summed E-state index contributed by atoms with van der Waals surface area (Å²) in [5, 5.41) is 10.9. The van der Waals surface area contributed by atoms with Crippen molar-refractivity contribution in [1.82, 2.24) is 5.32 Å². The van der Waals surface area contributed by atoms with Gasteiger partial charge in [-0.25, -0.2) is 0 Å². The first-order valence-corrected chi connectivity index (χ1v) is 5.85. The van der Waals surface area contributed by atoms with Gasteiger partial charge in [-0.2, -0.15) is 13.2 Å². The van der Waals surface area contributed by atoms with Crippen LogP contribution in [-0.4, -0.2) is 17.0 Å². The van der Waals surface area contributed by atoms with Crippen molar-refractivity contribution in [3.05, 3.63) is 34.9 Å². The monoisotopic (exact) mass is 289 g/mol. The van der Waals surface area contributed by atoms with E-state index in [1.54, 1.807) is 0 Å². The first kappa shape index (κ1) is 16.0. The van der Waals surface area contributed by atoms with Crippen molar-refractivity contribution in [3.8, 4) is 0 Å². The van der Waals surface area contributed by atoms with E-state index in [0.717, 1.165) is 12.1 Å². The van der Waals surface area contributed by atoms with Gasteiger partial charge in [0.1, 0.15) is 0 Å². The van der Waals surface area contributed by atoms with Crippen molar-refractivity contribution in [2.45, 2.75) is 32.5 Å². The van der Waals surface area contributed by atoms with E-state index in [-0.39, 0.29) is 19.4 Å². The smallest absolute Gasteiger partial charge is 0.416 e. The third-order valence-electron chi connectivity index (χ3n) is 2.71. The van der Waals surface area contributed by atoms with Gasteiger partial charge in [-0.15, -0.1) is 0 Å². The van der Waals surface area contributed by atoms with Gasteiger partial charge in [0.05, 0.1) is 12.0 Å². The van der Waals surface area contributed by atoms with Crippen LogP contribution in [0, 0.1) is 6.92 Å². The number of hydrogen-bond acceptors (Lipinski definition) is 2. The molecule has 0 heterocycles. The van der Waals surface area contributed by atoms with E-state index < -0.39 is 23.6 Å². The molecule has 0 aliphatic heterocycles. The molecule has 0 aromatic heterocycles. The van der Waals surface area contributed by atoms with Crippen LogP contribution < -0.4 is 5.32 Å². The van der Waals surface area contributed by atoms with E-state index in [2.05, 4.69) is 5.32 Å². The number of aryl methyl sites for hydroxylation is 1. The number of amides is 1. The Morgan fingerprint density at radius 1 is 1.25 bits per heavy atom. The maximum Gasteiger partial charge on any atom is 0.416 e. The number of aliphatic carboxylic acids is 1. The molecule has 4 nitrogen and oxygen atoms in total. The predicted molar refractivity (Wildman–Crippen MR) is 64.9 cm³/mol. The van der Waals surface area contributed by atoms with E-state index in [4.69, 9.17) is 5.11 Å². The summed E-state index contributed by atoms with van der Waals surface area (Å²) < 4.78 is 37.4. The van der Waals surface area contributed by atoms with Crippen LogP contribution in [0.4, 0.5) is 13.2 Å². The summed E-state index contributed by atoms with van der Waals surface area (Å²) in [5.74, 6) is -1.53. The number of carbonyl (C=O) groups is 2. The van der Waals surface area contributed by atoms with Gasteiger partial charge in [0.15, 0.2) is 0 Å². The normalized spacial score (nSPS) is 11.2. The third-order valence-corrected chi connectivity index (χ3v) is 2.71. The molecule has 0 unspecified atom stereocenters. The highest BCUT2D eigenvalue weighted by Gasteiger charge is 2.30. The average molecular weight is 289 g/mol. The van der Waals surface area contributed by atoms with Gasteiger partial charge in [-0.05, 0) is 30.2 Å². The molecular weight excluding hydrogens is 275 g/mol. The second kappa shape index (κ2) is 6.40. The number of rotatable bonds is 5. The van der Waals surface area contributed by atoms with Crippen LogP contribution in [-0.2, 0) is 22.3 Å². The van der Waals surface area contributed by atoms with Crippen molar-refractivity contribution in [2.24, 2.45) is 0 Å². The summed E-state index contributed by atoms with van der Waals surface area (Å²) in [6.45, 7) is 1.59. The summed E-state index contributed by atoms with van der Waals surface area (Å²) >= 11 is 0. The Morgan fingerprint density at radius 3 is 2.40 bits per heavy atom. The molecule has 0 radical (unpaired) electrons. The molecule has 1 amide bonds. The highest BCUT2D eigenvalue weighted by atomic mass is 19.4. The second-order valence-corrected chi connectivity index (χ2v) is 4.31. The van der Waals surface area contributed by atoms with Gasteiger partial charge in [0.25, 0.3) is 0 Å². The van der Waals surface area contributed by atoms with E-state index in [1.807, 2.05) is 0 Å². The number of benzene rings is 1. The van der Waals surface area contributed by atoms with Crippen LogP contribution in [0.25, 0.3) is 0 Å². The number of carboxylic acids is 1. The van der Waals surface area contributed by atoms with Gasteiger partial charge in [0, 0.05) is 13.0 Å². The van der Waals surface area contributed by atoms with E-state index in [1.165, 1.54) is 13.0 Å². The van der Waals surface area contributed by atoms with E-state index in [9.17, 15) is 22.8 Å². The predicted octanol–water partition coefficient (Wildman–Crippen LogP) is 2.49. The number of hydrogen-bond donors (Lipinski definition) is 2. The molecule has 1 aromatic rings. The van der Waals surface area contributed by atoms with Gasteiger partial charge in [-0.3, -0.25) is 9.59 Å². The molecule has 1 rings (SSSR count). The summed E-state index contributed by atoms with van der Waals surface area (Å²) in [6.07, 6.45) is -4.83. The minimum atomic E-state index is -4.39. The average Bonchev–Trinajstić information content (AvgIpc) is 2.33. The molecule has 0 bridgehead atoms. The summed E-state index contributed by atoms with van der Waals surface area (Å²) in [4.78, 5) is 21.6. The molecule has 2 N–H and O–H groups in total. The van der Waals surface area contributed by atoms with Gasteiger partial charge >= 0.3 is 12.1 Å². The van der Waals surface area contributed by atoms with Gasteiger partial charge in [-0.1, -0.05) is 6.07 Å². The molecule has 0 atom stereocenters. The molecule has 0 saturated heterocycles. The fraction of sp³-hybridized carbons (Fsp3) is 0.385. The first-order valence-electron chi connectivity index (χ1n) is 5.85. The van der Waals surface area contributed by atoms with Crippen molar-refractivity contribution >= 4 is 11.9 Å². The zero-order valence-electron chi connectivity index (χ0n) is 10.8. The Bertz CT molecular complexity index is 512. The van der Waals surface area contributed by atoms with Crippen molar-refractivity contribution < 1.29 is 27.9 Å². The summed E-state index contributed by atoms with van der Waals surface area (Å²) in [5.41, 5.74) is 0.232. The van der Waals surface area contributed by atoms with Crippen LogP contribution >= 0.6 is 0 Å². The van der Waals surface area contributed by atoms with Crippen LogP contribution in [0.3, 0.4) is 0 Å². The second-order valence-electron chi connectivity index (χ2n) is 4.31. The number of alkyl halides is 3. The fourth-order valence-electron chi connectivity index (χ4n) is 1.57. The van der Waals surface area contributed by atoms with E-state index >= 15 is 0 Å². The van der Waals surface area contributed by atoms with Crippen LogP contribution in [0.15, 0.2) is 18.2 Å². The lowest BCUT2D eigenvalue weighted by atomic mass is 10.0. The zero-order valence-corrected chi connectivity index (χ0v) is 10.8. The van der Waals surface area contributed by atoms with Gasteiger partial charge in [0.2, 0.25) is 5.91 Å². The molecule has 1 aromatic carbocycles. The fourth-order valence-corrected chi connectivity index (χ4v) is 1.57. The Morgan fingerprint density at radius 2 is 1.90 bits per heavy atom. The van der Waals surface area contributed by atoms with Crippen molar-refractivity contribution in [2.75, 3.05) is 0 Å². The molecule has 0 fully saturated rings. The largest absolute Gasteiger partial charge is 0.481 e. The third kappa shape index (κ3) is 4.91. The quantitative estimate of drug-likeness (QED) is 0.875. The Balaban J connectivity index is 2.61. The number of carbonyl (C=O) groups excluding carboxylic acids is 1. The highest BCUT2D eigenvalue weighted by Crippen LogP contribution is 2.30. The van der Waals surface area contributed by atoms with E-state index in [0.29, 0.717) is 11.1 Å². The summed E-state index contributed by atoms with van der Waals surface area (Å²) in [6, 6.07) is 3.26. The highest BCUT2D eigenvalue weighted by molar-refractivity contribution is 5.80. The molecule has 0 spiro atoms. The van der Waals surface area contributed by atoms with Gasteiger partial charge < -0.3 is 10.4 Å². The standard InChI is InChI=1S/C13H14F3NO3/c1-8-6-10(13(14,15)16)3-2-9(8)7-17-11(18)4-5-12(19)20/h2-3,6H,4-5,7H2,1H3,(H,17,18)(H,19,20). The SMILES string of the molecule is Cc1cc(C(F)(F)F)ccc1CNC(=O)CCC(=O)O. The molecule has 0 aliphatic rings. The Kier molecular flexibility index (Phi) is 5.12. The lowest BCUT2D eigenvalue weighted by Crippen LogP contribution is -2.23. The van der Waals surface area contributed by atoms with Crippen molar-refractivity contribution in [1.29, 1.82) is 0 Å². The molecule has 0 saturated carbocycles. The molecular formula is C13H14F3NO3. The molecule has 7 heteroatoms. The number of nitrogens with one attached hydrogen (secondary N) is 1. The first-order chi connectivity index (χ1) is 9.20. The summed E-state index contributed by atoms with van der Waals surface area (Å²) in [7, 11) is 0. The Hall–Kier alpha value is -2.05. The maximum absolute atomic E-state index is 12.5. The minimum absolute atomic E-state index is 0.0718. The minimum Gasteiger partial charge on any atom is -0.481 e. The van der Waals surface area contributed by atoms with Crippen LogP contribution in [0.1, 0.15) is 29.5 Å². The number of carboxylic acid groups (broad SMARTS) is 1. The van der Waals surface area contributed by atoms with Crippen molar-refractivity contribution in [3.63, 3.8) is 0 Å². The molecule has 0 aliphatic carbocycles. The maximum atomic E-state index is 12.5. The van der Waals surface area contributed by atoms with Crippen LogP contribution in [0.2, 0.25) is 0 Å². The van der Waals surface area contributed by atoms with Crippen LogP contribution in [0.5, 0.6) is 0 Å². The lowest BCUT2D eigenvalue weighted by Gasteiger charge is -2.11. The topological polar surface area (TPSA) is 66.4 Å².